The molecule has 206 valence electrons. The van der Waals surface area contributed by atoms with Crippen LogP contribution in [0.5, 0.6) is 0 Å². The average Bonchev–Trinajstić information content (AvgIpc) is 3.68. The summed E-state index contributed by atoms with van der Waals surface area (Å²) in [4.78, 5) is 52.7. The fraction of sp³-hybridized carbons (Fsp3) is 0.840. The molecule has 0 radical (unpaired) electrons. The van der Waals surface area contributed by atoms with Crippen LogP contribution in [0.4, 0.5) is 0 Å². The molecule has 0 amide bonds. The summed E-state index contributed by atoms with van der Waals surface area (Å²) in [6.45, 7) is 2.87. The van der Waals surface area contributed by atoms with Gasteiger partial charge in [-0.2, -0.15) is 0 Å². The molecule has 5 rings (SSSR count). The maximum atomic E-state index is 13.3. The van der Waals surface area contributed by atoms with Gasteiger partial charge >= 0.3 is 23.9 Å². The zero-order valence-corrected chi connectivity index (χ0v) is 20.7. The molecule has 5 fully saturated rings. The normalized spacial score (nSPS) is 34.8. The first-order valence-corrected chi connectivity index (χ1v) is 13.1. The fourth-order valence-electron chi connectivity index (χ4n) is 4.68. The van der Waals surface area contributed by atoms with Gasteiger partial charge in [-0.3, -0.25) is 19.2 Å². The third kappa shape index (κ3) is 7.86. The molecule has 8 unspecified atom stereocenters. The van der Waals surface area contributed by atoms with Crippen molar-refractivity contribution in [2.75, 3.05) is 52.9 Å². The molecule has 0 aromatic carbocycles. The van der Waals surface area contributed by atoms with E-state index in [9.17, 15) is 19.2 Å². The van der Waals surface area contributed by atoms with E-state index in [1.807, 2.05) is 0 Å². The lowest BCUT2D eigenvalue weighted by Gasteiger charge is -2.23. The third-order valence-electron chi connectivity index (χ3n) is 7.26. The monoisotopic (exact) mass is 526 g/mol. The Labute approximate surface area is 214 Å². The van der Waals surface area contributed by atoms with Gasteiger partial charge in [-0.1, -0.05) is 0 Å². The van der Waals surface area contributed by atoms with Gasteiger partial charge in [0.1, 0.15) is 0 Å². The smallest absolute Gasteiger partial charge is 0.310 e. The molecule has 0 aromatic heterocycles. The SMILES string of the molecule is O=C(OCCC1CO1)C1CC(C(=O)OCCC2CO2)C(C(=O)OCCC2CO2)C1C(=O)OCCC1CO1. The topological polar surface area (TPSA) is 155 Å². The molecule has 1 saturated carbocycles. The number of hydrogen-bond acceptors (Lipinski definition) is 12. The first kappa shape index (κ1) is 26.3. The maximum absolute atomic E-state index is 13.3. The molecule has 4 heterocycles. The number of hydrogen-bond donors (Lipinski definition) is 0. The van der Waals surface area contributed by atoms with E-state index in [1.165, 1.54) is 0 Å². The second-order valence-corrected chi connectivity index (χ2v) is 10.1. The van der Waals surface area contributed by atoms with E-state index in [-0.39, 0.29) is 57.3 Å². The molecule has 8 atom stereocenters. The lowest BCUT2D eigenvalue weighted by atomic mass is 9.86. The van der Waals surface area contributed by atoms with Gasteiger partial charge in [0, 0.05) is 25.7 Å². The standard InChI is InChI=1S/C25H34O12/c26-22(30-5-1-14-10-34-14)18-9-19(23(27)31-6-2-15-11-35-15)21(25(29)33-8-4-17-13-37-17)20(18)24(28)32-7-3-16-12-36-16/h14-21H,1-13H2. The van der Waals surface area contributed by atoms with Crippen LogP contribution in [0.25, 0.3) is 0 Å². The molecule has 37 heavy (non-hydrogen) atoms. The number of ether oxygens (including phenoxy) is 8. The van der Waals surface area contributed by atoms with Crippen LogP contribution in [-0.4, -0.2) is 101 Å². The molecule has 0 bridgehead atoms. The highest BCUT2D eigenvalue weighted by Gasteiger charge is 2.58. The third-order valence-corrected chi connectivity index (χ3v) is 7.26. The molecule has 4 aliphatic heterocycles. The van der Waals surface area contributed by atoms with Crippen molar-refractivity contribution in [3.63, 3.8) is 0 Å². The Morgan fingerprint density at radius 2 is 0.757 bits per heavy atom. The Kier molecular flexibility index (Phi) is 8.58. The van der Waals surface area contributed by atoms with E-state index >= 15 is 0 Å². The van der Waals surface area contributed by atoms with Crippen LogP contribution in [0, 0.1) is 23.7 Å². The van der Waals surface area contributed by atoms with Crippen molar-refractivity contribution in [1.82, 2.24) is 0 Å². The van der Waals surface area contributed by atoms with E-state index in [2.05, 4.69) is 0 Å². The average molecular weight is 527 g/mol. The number of esters is 4. The Morgan fingerprint density at radius 1 is 0.486 bits per heavy atom. The van der Waals surface area contributed by atoms with Gasteiger partial charge < -0.3 is 37.9 Å². The van der Waals surface area contributed by atoms with Gasteiger partial charge in [0.15, 0.2) is 0 Å². The lowest BCUT2D eigenvalue weighted by molar-refractivity contribution is -0.168. The Bertz CT molecular complexity index is 777. The summed E-state index contributed by atoms with van der Waals surface area (Å²) in [6.07, 6.45) is 2.26. The summed E-state index contributed by atoms with van der Waals surface area (Å²) in [6, 6.07) is 0. The Morgan fingerprint density at radius 3 is 1.03 bits per heavy atom. The van der Waals surface area contributed by atoms with Crippen molar-refractivity contribution in [1.29, 1.82) is 0 Å². The van der Waals surface area contributed by atoms with Crippen LogP contribution >= 0.6 is 0 Å². The predicted molar refractivity (Wildman–Crippen MR) is 120 cm³/mol. The molecule has 0 N–H and O–H groups in total. The van der Waals surface area contributed by atoms with E-state index in [0.29, 0.717) is 52.1 Å². The molecule has 12 nitrogen and oxygen atoms in total. The van der Waals surface area contributed by atoms with Crippen molar-refractivity contribution < 1.29 is 57.1 Å². The van der Waals surface area contributed by atoms with Crippen LogP contribution in [0.3, 0.4) is 0 Å². The Balaban J connectivity index is 1.28. The van der Waals surface area contributed by atoms with Crippen molar-refractivity contribution in [3.05, 3.63) is 0 Å². The number of rotatable bonds is 16. The van der Waals surface area contributed by atoms with Crippen LogP contribution in [0.1, 0.15) is 32.1 Å². The minimum absolute atomic E-state index is 0.0466. The highest BCUT2D eigenvalue weighted by molar-refractivity contribution is 5.92. The Hall–Kier alpha value is -2.28. The van der Waals surface area contributed by atoms with Crippen LogP contribution in [0.15, 0.2) is 0 Å². The lowest BCUT2D eigenvalue weighted by Crippen LogP contribution is -2.39. The molecule has 12 heteroatoms. The quantitative estimate of drug-likeness (QED) is 0.153. The van der Waals surface area contributed by atoms with E-state index in [1.54, 1.807) is 0 Å². The summed E-state index contributed by atoms with van der Waals surface area (Å²) in [7, 11) is 0. The second kappa shape index (κ2) is 12.1. The molecular weight excluding hydrogens is 492 g/mol. The van der Waals surface area contributed by atoms with Gasteiger partial charge in [-0.25, -0.2) is 0 Å². The highest BCUT2D eigenvalue weighted by Crippen LogP contribution is 2.45. The minimum atomic E-state index is -1.22. The van der Waals surface area contributed by atoms with Gasteiger partial charge in [-0.05, 0) is 6.42 Å². The number of epoxide rings is 4. The highest BCUT2D eigenvalue weighted by atomic mass is 16.6. The van der Waals surface area contributed by atoms with Crippen LogP contribution in [0.2, 0.25) is 0 Å². The van der Waals surface area contributed by atoms with Gasteiger partial charge in [0.05, 0.1) is 101 Å². The first-order chi connectivity index (χ1) is 18.0. The maximum Gasteiger partial charge on any atom is 0.310 e. The zero-order valence-electron chi connectivity index (χ0n) is 20.7. The van der Waals surface area contributed by atoms with Gasteiger partial charge in [-0.15, -0.1) is 0 Å². The van der Waals surface area contributed by atoms with E-state index < -0.39 is 47.5 Å². The summed E-state index contributed by atoms with van der Waals surface area (Å²) < 4.78 is 42.3. The summed E-state index contributed by atoms with van der Waals surface area (Å²) in [5.74, 6) is -7.31. The van der Waals surface area contributed by atoms with Crippen molar-refractivity contribution in [3.8, 4) is 0 Å². The van der Waals surface area contributed by atoms with Crippen LogP contribution in [-0.2, 0) is 57.1 Å². The zero-order chi connectivity index (χ0) is 25.8. The molecule has 4 saturated heterocycles. The summed E-state index contributed by atoms with van der Waals surface area (Å²) in [5, 5.41) is 0. The first-order valence-electron chi connectivity index (χ1n) is 13.1. The van der Waals surface area contributed by atoms with Gasteiger partial charge in [0.25, 0.3) is 0 Å². The van der Waals surface area contributed by atoms with Crippen LogP contribution < -0.4 is 0 Å². The predicted octanol–water partition coefficient (Wildman–Crippen LogP) is 0.183. The van der Waals surface area contributed by atoms with Crippen molar-refractivity contribution >= 4 is 23.9 Å². The molecule has 5 aliphatic rings. The van der Waals surface area contributed by atoms with E-state index in [4.69, 9.17) is 37.9 Å². The van der Waals surface area contributed by atoms with E-state index in [0.717, 1.165) is 0 Å². The van der Waals surface area contributed by atoms with Gasteiger partial charge in [0.2, 0.25) is 0 Å². The van der Waals surface area contributed by atoms with Crippen molar-refractivity contribution in [2.45, 2.75) is 56.5 Å². The summed E-state index contributed by atoms with van der Waals surface area (Å²) in [5.41, 5.74) is 0. The van der Waals surface area contributed by atoms with Crippen molar-refractivity contribution in [2.24, 2.45) is 23.7 Å². The number of carbonyl (C=O) groups excluding carboxylic acids is 4. The number of carbonyl (C=O) groups is 4. The molecular formula is C25H34O12. The molecule has 0 aromatic rings. The summed E-state index contributed by atoms with van der Waals surface area (Å²) >= 11 is 0. The fourth-order valence-corrected chi connectivity index (χ4v) is 4.68. The molecule has 0 spiro atoms. The molecule has 1 aliphatic carbocycles. The minimum Gasteiger partial charge on any atom is -0.465 e. The largest absolute Gasteiger partial charge is 0.465 e. The second-order valence-electron chi connectivity index (χ2n) is 10.1.